The molecule has 0 fully saturated rings. The third-order valence-corrected chi connectivity index (χ3v) is 14.2. The maximum Gasteiger partial charge on any atom is 2.00 e. The van der Waals surface area contributed by atoms with Crippen molar-refractivity contribution in [1.29, 1.82) is 0 Å². The molecule has 0 bridgehead atoms. The van der Waals surface area contributed by atoms with Crippen LogP contribution in [0.4, 0.5) is 0 Å². The molecule has 0 N–H and O–H groups in total. The molecule has 3 rings (SSSR count). The molecule has 406 valence electrons. The van der Waals surface area contributed by atoms with Gasteiger partial charge in [-0.25, -0.2) is 4.70 Å². The first-order chi connectivity index (χ1) is 34.5. The molecule has 0 saturated heterocycles. The summed E-state index contributed by atoms with van der Waals surface area (Å²) in [6.45, 7) is 20.8. The molecule has 0 saturated carbocycles. The van der Waals surface area contributed by atoms with Crippen LogP contribution in [-0.2, 0) is 33.3 Å². The smallest absolute Gasteiger partial charge is 0.493 e. The Bertz CT molecular complexity index is 1630. The minimum absolute atomic E-state index is 0. The molecule has 3 heteroatoms. The number of aryl methyl sites for hydroxylation is 2. The van der Waals surface area contributed by atoms with E-state index < -0.39 is 0 Å². The fraction of sp³-hybridized carbons (Fsp3) is 0.706. The molecule has 1 aliphatic heterocycles. The van der Waals surface area contributed by atoms with Gasteiger partial charge in [0.1, 0.15) is 0 Å². The zero-order valence-corrected chi connectivity index (χ0v) is 49.5. The minimum Gasteiger partial charge on any atom is -0.493 e. The number of benzene rings is 2. The topological polar surface area (TPSA) is 25.3 Å². The molecule has 0 atom stereocenters. The Morgan fingerprint density at radius 3 is 1.18 bits per heavy atom. The summed E-state index contributed by atoms with van der Waals surface area (Å²) >= 11 is 0. The van der Waals surface area contributed by atoms with Gasteiger partial charge < -0.3 is 19.4 Å². The van der Waals surface area contributed by atoms with E-state index in [1.807, 2.05) is 0 Å². The second-order valence-corrected chi connectivity index (χ2v) is 20.8. The Balaban J connectivity index is 0.00000403. The number of unbranched alkanes of at least 4 members (excludes halogenated alkanes) is 31. The van der Waals surface area contributed by atoms with Crippen LogP contribution in [0.5, 0.6) is 0 Å². The van der Waals surface area contributed by atoms with Crippen molar-refractivity contribution in [2.75, 3.05) is 0 Å². The van der Waals surface area contributed by atoms with E-state index in [1.54, 1.807) is 4.70 Å². The van der Waals surface area contributed by atoms with Gasteiger partial charge in [-0.3, -0.25) is 0 Å². The van der Waals surface area contributed by atoms with Crippen LogP contribution < -0.4 is 0 Å². The van der Waals surface area contributed by atoms with Gasteiger partial charge >= 0.3 is 20.4 Å². The molecule has 1 aliphatic rings. The molecule has 2 aromatic rings. The van der Waals surface area contributed by atoms with E-state index in [1.165, 1.54) is 214 Å². The maximum atomic E-state index is 12.2. The van der Waals surface area contributed by atoms with Crippen molar-refractivity contribution >= 4 is 11.4 Å². The Morgan fingerprint density at radius 1 is 0.380 bits per heavy atom. The van der Waals surface area contributed by atoms with E-state index in [-0.39, 0.29) is 20.4 Å². The monoisotopic (exact) mass is 1060 g/mol. The van der Waals surface area contributed by atoms with Gasteiger partial charge in [0, 0.05) is 35.1 Å². The summed E-state index contributed by atoms with van der Waals surface area (Å²) in [7, 11) is 0. The summed E-state index contributed by atoms with van der Waals surface area (Å²) in [5.74, 6) is 7.00. The largest absolute Gasteiger partial charge is 2.00 e. The van der Waals surface area contributed by atoms with Crippen molar-refractivity contribution in [3.05, 3.63) is 101 Å². The van der Waals surface area contributed by atoms with Gasteiger partial charge in [0.2, 0.25) is 11.4 Å². The van der Waals surface area contributed by atoms with Crippen LogP contribution in [0, 0.1) is 25.7 Å². The van der Waals surface area contributed by atoms with Crippen molar-refractivity contribution < 1.29 is 25.1 Å². The van der Waals surface area contributed by atoms with Gasteiger partial charge in [-0.15, -0.1) is 11.8 Å². The number of rotatable bonds is 41. The van der Waals surface area contributed by atoms with Gasteiger partial charge in [0.05, 0.1) is 0 Å². The Morgan fingerprint density at radius 2 is 0.761 bits per heavy atom. The van der Waals surface area contributed by atoms with E-state index in [4.69, 9.17) is 0 Å². The van der Waals surface area contributed by atoms with E-state index in [2.05, 4.69) is 116 Å². The summed E-state index contributed by atoms with van der Waals surface area (Å²) < 4.78 is 1.58. The van der Waals surface area contributed by atoms with E-state index in [0.29, 0.717) is 0 Å². The SMILES string of the molecule is CCCCCCCCCCCCCCCCCCCCCCCC#CCCCc1ccccc1C1=C(CCCC)C(CCCC)=C(c2ccc(CCCCCC)cc2)[N+]1=[N-].[CH2-]CCCC.[CH2-]CCCC.[Pd+2]. The minimum atomic E-state index is 0. The third kappa shape index (κ3) is 34.0. The summed E-state index contributed by atoms with van der Waals surface area (Å²) in [6, 6.07) is 17.9. The molecule has 2 nitrogen and oxygen atoms in total. The standard InChI is InChI=1S/C58H92N2.2C5H11.Pd/c1-5-9-13-15-16-17-18-19-20-21-22-23-24-25-26-27-28-29-30-31-32-33-34-35-36-38-42-52-43-39-40-46-54(52)58-56(45-12-8-4)55(44-11-7-3)57(60(58)59)53-49-47-51(48-50-53)41-37-14-10-6-2;2*1-3-5-4-2;/h39-40,43,46-50H,5-33,36-38,41-42,44-45H2,1-4H3;2*1,3-5H2,2H3;/q;2*-1;+2. The summed E-state index contributed by atoms with van der Waals surface area (Å²) in [4.78, 5) is 0. The van der Waals surface area contributed by atoms with Crippen LogP contribution in [0.15, 0.2) is 59.7 Å². The molecule has 0 spiro atoms. The first-order valence-electron chi connectivity index (χ1n) is 30.7. The van der Waals surface area contributed by atoms with Crippen LogP contribution in [0.3, 0.4) is 0 Å². The summed E-state index contributed by atoms with van der Waals surface area (Å²) in [5.41, 5.74) is 21.9. The van der Waals surface area contributed by atoms with Gasteiger partial charge in [0.15, 0.2) is 0 Å². The predicted octanol–water partition coefficient (Wildman–Crippen LogP) is 23.3. The van der Waals surface area contributed by atoms with Crippen molar-refractivity contribution in [1.82, 2.24) is 0 Å². The van der Waals surface area contributed by atoms with Gasteiger partial charge in [-0.05, 0) is 87.1 Å². The molecular formula is C68H114N2Pd. The fourth-order valence-corrected chi connectivity index (χ4v) is 9.72. The van der Waals surface area contributed by atoms with Crippen LogP contribution >= 0.6 is 0 Å². The van der Waals surface area contributed by atoms with Crippen LogP contribution in [0.25, 0.3) is 16.9 Å². The first kappa shape index (κ1) is 68.7. The summed E-state index contributed by atoms with van der Waals surface area (Å²) in [6.07, 6.45) is 54.1. The number of allylic oxidation sites excluding steroid dienone is 2. The second-order valence-electron chi connectivity index (χ2n) is 20.8. The Hall–Kier alpha value is -2.26. The van der Waals surface area contributed by atoms with Crippen molar-refractivity contribution in [2.45, 2.75) is 311 Å². The molecule has 2 aromatic carbocycles. The van der Waals surface area contributed by atoms with E-state index in [9.17, 15) is 5.53 Å². The Kier molecular flexibility index (Phi) is 49.6. The quantitative estimate of drug-likeness (QED) is 0.0209. The van der Waals surface area contributed by atoms with Crippen molar-refractivity contribution in [3.63, 3.8) is 0 Å². The van der Waals surface area contributed by atoms with E-state index >= 15 is 0 Å². The van der Waals surface area contributed by atoms with Gasteiger partial charge in [-0.1, -0.05) is 258 Å². The molecule has 71 heavy (non-hydrogen) atoms. The fourth-order valence-electron chi connectivity index (χ4n) is 9.72. The molecule has 1 heterocycles. The number of hydrogen-bond donors (Lipinski definition) is 0. The summed E-state index contributed by atoms with van der Waals surface area (Å²) in [5, 5.41) is 0. The molecule has 0 aromatic heterocycles. The van der Waals surface area contributed by atoms with E-state index in [0.717, 1.165) is 100 Å². The second kappa shape index (κ2) is 51.2. The average Bonchev–Trinajstić information content (AvgIpc) is 3.65. The number of hydrogen-bond acceptors (Lipinski definition) is 0. The molecule has 0 amide bonds. The Labute approximate surface area is 458 Å². The third-order valence-electron chi connectivity index (χ3n) is 14.2. The molecule has 0 unspecified atom stereocenters. The molecule has 0 aliphatic carbocycles. The van der Waals surface area contributed by atoms with Crippen molar-refractivity contribution in [2.24, 2.45) is 0 Å². The van der Waals surface area contributed by atoms with Crippen LogP contribution in [0.2, 0.25) is 0 Å². The van der Waals surface area contributed by atoms with Gasteiger partial charge in [-0.2, -0.15) is 12.8 Å². The normalized spacial score (nSPS) is 12.0. The van der Waals surface area contributed by atoms with Gasteiger partial charge in [0.25, 0.3) is 0 Å². The maximum absolute atomic E-state index is 12.2. The first-order valence-corrected chi connectivity index (χ1v) is 30.7. The zero-order valence-electron chi connectivity index (χ0n) is 47.9. The van der Waals surface area contributed by atoms with Crippen LogP contribution in [0.1, 0.15) is 321 Å². The van der Waals surface area contributed by atoms with Crippen LogP contribution in [-0.4, -0.2) is 4.70 Å². The van der Waals surface area contributed by atoms with Crippen molar-refractivity contribution in [3.8, 4) is 11.8 Å². The average molecular weight is 1070 g/mol. The number of nitrogens with zero attached hydrogens (tertiary/aromatic N) is 2. The molecule has 0 radical (unpaired) electrons. The zero-order chi connectivity index (χ0) is 51.0. The predicted molar refractivity (Wildman–Crippen MR) is 315 cm³/mol. The molecular weight excluding hydrogens is 951 g/mol.